The maximum absolute atomic E-state index is 12.5. The molecule has 0 unspecified atom stereocenters. The second-order valence-electron chi connectivity index (χ2n) is 5.91. The smallest absolute Gasteiger partial charge is 0.242 e. The van der Waals surface area contributed by atoms with Crippen LogP contribution in [0.1, 0.15) is 26.3 Å². The number of ether oxygens (including phenoxy) is 1. The molecular formula is C20H26N2O2. The SMILES string of the molecule is CCN(Cc1ccccc1)C(=O)CNc1ccccc1OC(C)C. The van der Waals surface area contributed by atoms with Gasteiger partial charge in [-0.2, -0.15) is 0 Å². The normalized spacial score (nSPS) is 10.5. The average molecular weight is 326 g/mol. The van der Waals surface area contributed by atoms with Gasteiger partial charge in [-0.15, -0.1) is 0 Å². The third kappa shape index (κ3) is 5.30. The molecule has 2 rings (SSSR count). The average Bonchev–Trinajstić information content (AvgIpc) is 2.59. The minimum absolute atomic E-state index is 0.0701. The van der Waals surface area contributed by atoms with Crippen LogP contribution < -0.4 is 10.1 Å². The fourth-order valence-electron chi connectivity index (χ4n) is 2.43. The summed E-state index contributed by atoms with van der Waals surface area (Å²) < 4.78 is 5.77. The Morgan fingerprint density at radius 3 is 2.42 bits per heavy atom. The van der Waals surface area contributed by atoms with Gasteiger partial charge in [0.15, 0.2) is 0 Å². The van der Waals surface area contributed by atoms with E-state index >= 15 is 0 Å². The van der Waals surface area contributed by atoms with E-state index in [1.165, 1.54) is 0 Å². The largest absolute Gasteiger partial charge is 0.489 e. The molecule has 0 fully saturated rings. The number of carbonyl (C=O) groups excluding carboxylic acids is 1. The topological polar surface area (TPSA) is 41.6 Å². The van der Waals surface area contributed by atoms with Gasteiger partial charge in [-0.3, -0.25) is 4.79 Å². The van der Waals surface area contributed by atoms with Gasteiger partial charge in [0, 0.05) is 13.1 Å². The standard InChI is InChI=1S/C20H26N2O2/c1-4-22(15-17-10-6-5-7-11-17)20(23)14-21-18-12-8-9-13-19(18)24-16(2)3/h5-13,16,21H,4,14-15H2,1-3H3. The first-order chi connectivity index (χ1) is 11.6. The minimum atomic E-state index is 0.0701. The second-order valence-corrected chi connectivity index (χ2v) is 5.91. The number of rotatable bonds is 8. The van der Waals surface area contributed by atoms with E-state index in [2.05, 4.69) is 5.32 Å². The number of likely N-dealkylation sites (N-methyl/N-ethyl adjacent to an activating group) is 1. The summed E-state index contributed by atoms with van der Waals surface area (Å²) in [6.07, 6.45) is 0.0915. The molecule has 1 amide bonds. The molecule has 0 aliphatic rings. The molecule has 0 aliphatic heterocycles. The molecule has 0 aliphatic carbocycles. The number of benzene rings is 2. The van der Waals surface area contributed by atoms with Crippen LogP contribution in [0.25, 0.3) is 0 Å². The van der Waals surface area contributed by atoms with Crippen LogP contribution in [0.4, 0.5) is 5.69 Å². The van der Waals surface area contributed by atoms with Crippen molar-refractivity contribution in [1.29, 1.82) is 0 Å². The first-order valence-corrected chi connectivity index (χ1v) is 8.41. The van der Waals surface area contributed by atoms with Crippen LogP contribution in [0.5, 0.6) is 5.75 Å². The van der Waals surface area contributed by atoms with Crippen molar-refractivity contribution in [2.75, 3.05) is 18.4 Å². The molecule has 4 nitrogen and oxygen atoms in total. The lowest BCUT2D eigenvalue weighted by atomic mass is 10.2. The van der Waals surface area contributed by atoms with E-state index in [1.54, 1.807) is 0 Å². The van der Waals surface area contributed by atoms with Crippen LogP contribution in [0.2, 0.25) is 0 Å². The highest BCUT2D eigenvalue weighted by Crippen LogP contribution is 2.24. The maximum atomic E-state index is 12.5. The lowest BCUT2D eigenvalue weighted by molar-refractivity contribution is -0.129. The summed E-state index contributed by atoms with van der Waals surface area (Å²) in [4.78, 5) is 14.3. The molecule has 2 aromatic rings. The van der Waals surface area contributed by atoms with E-state index in [0.717, 1.165) is 17.0 Å². The van der Waals surface area contributed by atoms with E-state index in [-0.39, 0.29) is 18.6 Å². The second kappa shape index (κ2) is 8.96. The van der Waals surface area contributed by atoms with Gasteiger partial charge >= 0.3 is 0 Å². The van der Waals surface area contributed by atoms with Gasteiger partial charge in [0.05, 0.1) is 18.3 Å². The molecule has 0 heterocycles. The van der Waals surface area contributed by atoms with Gasteiger partial charge in [-0.1, -0.05) is 42.5 Å². The summed E-state index contributed by atoms with van der Waals surface area (Å²) in [5.74, 6) is 0.840. The Hall–Kier alpha value is -2.49. The van der Waals surface area contributed by atoms with Crippen molar-refractivity contribution in [3.8, 4) is 5.75 Å². The quantitative estimate of drug-likeness (QED) is 0.799. The first kappa shape index (κ1) is 17.9. The summed E-state index contributed by atoms with van der Waals surface area (Å²) in [6, 6.07) is 17.7. The number of nitrogens with one attached hydrogen (secondary N) is 1. The van der Waals surface area contributed by atoms with E-state index in [1.807, 2.05) is 80.3 Å². The summed E-state index contributed by atoms with van der Waals surface area (Å²) in [7, 11) is 0. The van der Waals surface area contributed by atoms with Gasteiger partial charge in [0.25, 0.3) is 0 Å². The predicted molar refractivity (Wildman–Crippen MR) is 98.2 cm³/mol. The van der Waals surface area contributed by atoms with Gasteiger partial charge in [-0.05, 0) is 38.5 Å². The number of para-hydroxylation sites is 2. The van der Waals surface area contributed by atoms with Crippen molar-refractivity contribution in [3.63, 3.8) is 0 Å². The summed E-state index contributed by atoms with van der Waals surface area (Å²) >= 11 is 0. The third-order valence-electron chi connectivity index (χ3n) is 3.63. The Bertz CT molecular complexity index is 641. The number of hydrogen-bond acceptors (Lipinski definition) is 3. The summed E-state index contributed by atoms with van der Waals surface area (Å²) in [5.41, 5.74) is 1.98. The zero-order chi connectivity index (χ0) is 17.4. The highest BCUT2D eigenvalue weighted by atomic mass is 16.5. The number of anilines is 1. The van der Waals surface area contributed by atoms with Gasteiger partial charge in [-0.25, -0.2) is 0 Å². The zero-order valence-electron chi connectivity index (χ0n) is 14.7. The monoisotopic (exact) mass is 326 g/mol. The van der Waals surface area contributed by atoms with Crippen LogP contribution >= 0.6 is 0 Å². The third-order valence-corrected chi connectivity index (χ3v) is 3.63. The molecule has 1 N–H and O–H groups in total. The van der Waals surface area contributed by atoms with E-state index in [9.17, 15) is 4.79 Å². The Balaban J connectivity index is 1.96. The van der Waals surface area contributed by atoms with Crippen LogP contribution in [-0.4, -0.2) is 30.0 Å². The highest BCUT2D eigenvalue weighted by molar-refractivity contribution is 5.81. The Morgan fingerprint density at radius 1 is 1.08 bits per heavy atom. The molecular weight excluding hydrogens is 300 g/mol. The molecule has 128 valence electrons. The van der Waals surface area contributed by atoms with Crippen molar-refractivity contribution >= 4 is 11.6 Å². The van der Waals surface area contributed by atoms with Crippen LogP contribution in [0.3, 0.4) is 0 Å². The van der Waals surface area contributed by atoms with Crippen LogP contribution in [-0.2, 0) is 11.3 Å². The Morgan fingerprint density at radius 2 is 1.75 bits per heavy atom. The van der Waals surface area contributed by atoms with Gasteiger partial charge in [0.2, 0.25) is 5.91 Å². The van der Waals surface area contributed by atoms with Crippen molar-refractivity contribution in [2.45, 2.75) is 33.4 Å². The fraction of sp³-hybridized carbons (Fsp3) is 0.350. The van der Waals surface area contributed by atoms with E-state index in [0.29, 0.717) is 13.1 Å². The lowest BCUT2D eigenvalue weighted by Gasteiger charge is -2.22. The van der Waals surface area contributed by atoms with Crippen molar-refractivity contribution in [1.82, 2.24) is 4.90 Å². The molecule has 24 heavy (non-hydrogen) atoms. The summed E-state index contributed by atoms with van der Waals surface area (Å²) in [6.45, 7) is 7.53. The fourth-order valence-corrected chi connectivity index (χ4v) is 2.43. The first-order valence-electron chi connectivity index (χ1n) is 8.41. The van der Waals surface area contributed by atoms with Gasteiger partial charge < -0.3 is 15.0 Å². The van der Waals surface area contributed by atoms with E-state index in [4.69, 9.17) is 4.74 Å². The molecule has 0 saturated carbocycles. The molecule has 0 bridgehead atoms. The van der Waals surface area contributed by atoms with Crippen molar-refractivity contribution in [3.05, 3.63) is 60.2 Å². The molecule has 4 heteroatoms. The number of carbonyl (C=O) groups is 1. The molecule has 2 aromatic carbocycles. The van der Waals surface area contributed by atoms with Crippen molar-refractivity contribution < 1.29 is 9.53 Å². The minimum Gasteiger partial charge on any atom is -0.489 e. The zero-order valence-corrected chi connectivity index (χ0v) is 14.7. The molecule has 0 saturated heterocycles. The lowest BCUT2D eigenvalue weighted by Crippen LogP contribution is -2.35. The Labute approximate surface area is 144 Å². The van der Waals surface area contributed by atoms with E-state index < -0.39 is 0 Å². The molecule has 0 atom stereocenters. The molecule has 0 radical (unpaired) electrons. The Kier molecular flexibility index (Phi) is 6.67. The highest BCUT2D eigenvalue weighted by Gasteiger charge is 2.13. The summed E-state index contributed by atoms with van der Waals surface area (Å²) in [5, 5.41) is 3.20. The van der Waals surface area contributed by atoms with Crippen molar-refractivity contribution in [2.24, 2.45) is 0 Å². The van der Waals surface area contributed by atoms with Crippen LogP contribution in [0.15, 0.2) is 54.6 Å². The number of amides is 1. The predicted octanol–water partition coefficient (Wildman–Crippen LogP) is 3.93. The number of hydrogen-bond donors (Lipinski definition) is 1. The number of nitrogens with zero attached hydrogens (tertiary/aromatic N) is 1. The molecule has 0 spiro atoms. The van der Waals surface area contributed by atoms with Gasteiger partial charge in [0.1, 0.15) is 5.75 Å². The van der Waals surface area contributed by atoms with Crippen LogP contribution in [0, 0.1) is 0 Å². The molecule has 0 aromatic heterocycles. The maximum Gasteiger partial charge on any atom is 0.242 e.